The molecule has 0 amide bonds. The van der Waals surface area contributed by atoms with E-state index < -0.39 is 77.7 Å². The molecule has 4 heterocycles. The number of rotatable bonds is 12. The van der Waals surface area contributed by atoms with Crippen LogP contribution in [0.5, 0.6) is 0 Å². The Balaban J connectivity index is 1.50. The lowest BCUT2D eigenvalue weighted by Crippen LogP contribution is -2.60. The van der Waals surface area contributed by atoms with Crippen molar-refractivity contribution in [3.05, 3.63) is 35.9 Å². The minimum atomic E-state index is -1.31. The Morgan fingerprint density at radius 1 is 0.966 bits per heavy atom. The van der Waals surface area contributed by atoms with Crippen molar-refractivity contribution in [2.24, 2.45) is 28.8 Å². The number of fused-ring (bicyclic) bond motifs is 5. The molecule has 0 N–H and O–H groups in total. The first kappa shape index (κ1) is 46.1. The van der Waals surface area contributed by atoms with Crippen LogP contribution in [-0.2, 0) is 58.8 Å². The maximum atomic E-state index is 14.3. The van der Waals surface area contributed by atoms with E-state index in [1.54, 1.807) is 13.8 Å². The maximum absolute atomic E-state index is 14.3. The maximum Gasteiger partial charge on any atom is 0.311 e. The molecule has 4 bridgehead atoms. The molecule has 0 radical (unpaired) electrons. The number of carbonyl (C=O) groups is 3. The summed E-state index contributed by atoms with van der Waals surface area (Å²) in [6, 6.07) is 10.2. The number of ketones is 1. The zero-order valence-electron chi connectivity index (χ0n) is 36.8. The van der Waals surface area contributed by atoms with Crippen LogP contribution in [0.3, 0.4) is 0 Å². The highest BCUT2D eigenvalue weighted by atomic mass is 16.7. The molecule has 1 aromatic carbocycles. The van der Waals surface area contributed by atoms with Gasteiger partial charge in [-0.1, -0.05) is 63.2 Å². The van der Waals surface area contributed by atoms with E-state index in [4.69, 9.17) is 38.0 Å². The van der Waals surface area contributed by atoms with Crippen LogP contribution in [0.15, 0.2) is 35.5 Å². The molecule has 14 atom stereocenters. The van der Waals surface area contributed by atoms with E-state index in [0.29, 0.717) is 31.6 Å². The van der Waals surface area contributed by atoms with Gasteiger partial charge in [0.2, 0.25) is 0 Å². The van der Waals surface area contributed by atoms with Gasteiger partial charge in [0.25, 0.3) is 0 Å². The molecule has 13 nitrogen and oxygen atoms in total. The van der Waals surface area contributed by atoms with E-state index in [1.807, 2.05) is 59.7 Å². The van der Waals surface area contributed by atoms with Gasteiger partial charge in [-0.2, -0.15) is 0 Å². The summed E-state index contributed by atoms with van der Waals surface area (Å²) in [5.41, 5.74) is -0.554. The number of esters is 2. The first-order valence-electron chi connectivity index (χ1n) is 21.5. The number of oxime groups is 1. The molecule has 0 spiro atoms. The highest BCUT2D eigenvalue weighted by Gasteiger charge is 2.59. The van der Waals surface area contributed by atoms with E-state index in [2.05, 4.69) is 36.3 Å². The summed E-state index contributed by atoms with van der Waals surface area (Å²) in [6.45, 7) is 17.2. The molecule has 4 aliphatic rings. The molecule has 4 saturated heterocycles. The van der Waals surface area contributed by atoms with Crippen molar-refractivity contribution in [2.75, 3.05) is 33.9 Å². The number of aryl methyl sites for hydroxylation is 1. The van der Waals surface area contributed by atoms with Crippen molar-refractivity contribution in [3.8, 4) is 0 Å². The number of ether oxygens (including phenoxy) is 7. The fourth-order valence-electron chi connectivity index (χ4n) is 9.71. The molecule has 1 aromatic rings. The van der Waals surface area contributed by atoms with Gasteiger partial charge in [0.05, 0.1) is 55.2 Å². The van der Waals surface area contributed by atoms with Gasteiger partial charge in [-0.25, -0.2) is 0 Å². The summed E-state index contributed by atoms with van der Waals surface area (Å²) >= 11 is 0. The number of Topliss-reactive ketones (excluding diaryl/α,β-unsaturated/α-hetero) is 1. The fraction of sp³-hybridized carbons (Fsp3) is 0.778. The lowest BCUT2D eigenvalue weighted by molar-refractivity contribution is -0.305. The molecular formula is C45H70N2O11. The number of hydrogen-bond acceptors (Lipinski definition) is 13. The molecular weight excluding hydrogens is 744 g/mol. The monoisotopic (exact) mass is 814 g/mol. The summed E-state index contributed by atoms with van der Waals surface area (Å²) < 4.78 is 46.2. The van der Waals surface area contributed by atoms with Gasteiger partial charge in [-0.05, 0) is 98.2 Å². The molecule has 0 saturated carbocycles. The smallest absolute Gasteiger partial charge is 0.311 e. The van der Waals surface area contributed by atoms with Gasteiger partial charge in [-0.3, -0.25) is 14.4 Å². The molecule has 326 valence electrons. The molecule has 3 unspecified atom stereocenters. The Kier molecular flexibility index (Phi) is 16.0. The Bertz CT molecular complexity index is 1560. The fourth-order valence-corrected chi connectivity index (χ4v) is 9.71. The number of carbonyl (C=O) groups excluding carboxylic acids is 3. The second-order valence-electron chi connectivity index (χ2n) is 17.9. The van der Waals surface area contributed by atoms with Gasteiger partial charge < -0.3 is 42.9 Å². The summed E-state index contributed by atoms with van der Waals surface area (Å²) in [6.07, 6.45) is 0.549. The second kappa shape index (κ2) is 20.1. The number of unbranched alkanes of at least 4 members (excludes halogenated alkanes) is 2. The highest BCUT2D eigenvalue weighted by Crippen LogP contribution is 2.45. The van der Waals surface area contributed by atoms with Crippen molar-refractivity contribution in [3.63, 3.8) is 0 Å². The summed E-state index contributed by atoms with van der Waals surface area (Å²) in [4.78, 5) is 48.7. The van der Waals surface area contributed by atoms with E-state index in [9.17, 15) is 14.4 Å². The average molecular weight is 815 g/mol. The normalized spacial score (nSPS) is 39.5. The quantitative estimate of drug-likeness (QED) is 0.132. The van der Waals surface area contributed by atoms with Crippen LogP contribution in [0.4, 0.5) is 0 Å². The van der Waals surface area contributed by atoms with Crippen LogP contribution in [0.25, 0.3) is 0 Å². The SMILES string of the molecule is CC[C@H]1OC(=O)[C@H](C)[C@H]2OC/C(=N\OCCCCCc3ccccc3)CO[C@@](C)(C[C@@H](C)C3OC1(C)C(=O)C3C)[C@H](O[C@@H]1O[C@H](C)C[C@H](N(C)C)[C@H]1OC(C)=O)[C@@H]2C. The number of nitrogens with zero attached hydrogens (tertiary/aromatic N) is 2. The number of likely N-dealkylation sites (N-methyl/N-ethyl adjacent to an activating group) is 1. The molecule has 4 fully saturated rings. The minimum Gasteiger partial charge on any atom is -0.459 e. The molecule has 4 aliphatic heterocycles. The molecule has 5 rings (SSSR count). The molecule has 0 aliphatic carbocycles. The lowest BCUT2D eigenvalue weighted by atomic mass is 9.75. The topological polar surface area (TPSA) is 141 Å². The van der Waals surface area contributed by atoms with E-state index in [1.165, 1.54) is 12.5 Å². The molecule has 13 heteroatoms. The van der Waals surface area contributed by atoms with Crippen LogP contribution in [-0.4, -0.2) is 122 Å². The number of cyclic esters (lactones) is 1. The van der Waals surface area contributed by atoms with Gasteiger partial charge in [-0.15, -0.1) is 0 Å². The Hall–Kier alpha value is -2.94. The zero-order chi connectivity index (χ0) is 42.4. The summed E-state index contributed by atoms with van der Waals surface area (Å²) in [5.74, 6) is -3.02. The first-order chi connectivity index (χ1) is 27.5. The Morgan fingerprint density at radius 2 is 1.69 bits per heavy atom. The lowest BCUT2D eigenvalue weighted by Gasteiger charge is -2.48. The first-order valence-corrected chi connectivity index (χ1v) is 21.5. The third kappa shape index (κ3) is 10.7. The van der Waals surface area contributed by atoms with E-state index >= 15 is 0 Å². The van der Waals surface area contributed by atoms with Crippen LogP contribution in [0, 0.1) is 23.7 Å². The van der Waals surface area contributed by atoms with Crippen LogP contribution < -0.4 is 0 Å². The molecule has 58 heavy (non-hydrogen) atoms. The second-order valence-corrected chi connectivity index (χ2v) is 17.9. The highest BCUT2D eigenvalue weighted by molar-refractivity contribution is 5.92. The average Bonchev–Trinajstić information content (AvgIpc) is 3.43. The van der Waals surface area contributed by atoms with Crippen LogP contribution >= 0.6 is 0 Å². The Morgan fingerprint density at radius 3 is 2.36 bits per heavy atom. The summed E-state index contributed by atoms with van der Waals surface area (Å²) in [5, 5.41) is 4.53. The third-order valence-electron chi connectivity index (χ3n) is 12.9. The number of benzene rings is 1. The van der Waals surface area contributed by atoms with Crippen LogP contribution in [0.2, 0.25) is 0 Å². The van der Waals surface area contributed by atoms with Gasteiger partial charge >= 0.3 is 11.9 Å². The van der Waals surface area contributed by atoms with Crippen molar-refractivity contribution < 1.29 is 52.4 Å². The minimum absolute atomic E-state index is 0.0465. The van der Waals surface area contributed by atoms with E-state index in [-0.39, 0.29) is 37.1 Å². The third-order valence-corrected chi connectivity index (χ3v) is 12.9. The van der Waals surface area contributed by atoms with Crippen molar-refractivity contribution in [1.29, 1.82) is 0 Å². The largest absolute Gasteiger partial charge is 0.459 e. The Labute approximate surface area is 346 Å². The van der Waals surface area contributed by atoms with Crippen molar-refractivity contribution >= 4 is 23.4 Å². The van der Waals surface area contributed by atoms with Crippen molar-refractivity contribution in [1.82, 2.24) is 4.90 Å². The zero-order valence-corrected chi connectivity index (χ0v) is 36.8. The van der Waals surface area contributed by atoms with Gasteiger partial charge in [0, 0.05) is 18.8 Å². The number of hydrogen-bond donors (Lipinski definition) is 0. The predicted molar refractivity (Wildman–Crippen MR) is 218 cm³/mol. The van der Waals surface area contributed by atoms with Gasteiger partial charge in [0.1, 0.15) is 18.4 Å². The van der Waals surface area contributed by atoms with Crippen LogP contribution in [0.1, 0.15) is 106 Å². The predicted octanol–water partition coefficient (Wildman–Crippen LogP) is 6.32. The molecule has 0 aromatic heterocycles. The van der Waals surface area contributed by atoms with Gasteiger partial charge in [0.15, 0.2) is 23.8 Å². The van der Waals surface area contributed by atoms with E-state index in [0.717, 1.165) is 25.7 Å². The summed E-state index contributed by atoms with van der Waals surface area (Å²) in [7, 11) is 3.89. The standard InChI is InChI=1S/C45H70N2O11/c1-12-36-45(9)40(49)29(4)37(58-45)27(2)24-44(8)41(57-43-39(55-32(7)48)35(47(10)11)23-28(3)54-43)30(5)38(31(6)42(50)56-36)51-25-34(26-52-44)46-53-22-18-14-17-21-33-19-15-13-16-20-33/h13,15-16,19-20,27-31,35-39,41,43H,12,14,17-18,21-26H2,1-11H3/b46-34+/t27-,28-,29?,30-,31-,35+,36-,37?,38+,39-,41-,43+,44+,45?/m1/s1. The van der Waals surface area contributed by atoms with Crippen molar-refractivity contribution in [2.45, 2.75) is 167 Å².